The molecule has 0 unspecified atom stereocenters. The number of anilines is 1. The van der Waals surface area contributed by atoms with Crippen LogP contribution in [0.5, 0.6) is 0 Å². The molecular formula is C12H22N4OS2. The largest absolute Gasteiger partial charge is 0.360 e. The van der Waals surface area contributed by atoms with Gasteiger partial charge in [-0.1, -0.05) is 49.8 Å². The van der Waals surface area contributed by atoms with Gasteiger partial charge in [-0.15, -0.1) is 10.2 Å². The standard InChI is InChI=1S/C12H22N4OS2/c1-3-5-6-8-13-10(17)9-18-12-16-15-11(19-12)14-7-4-2/h3-9H2,1-2H3,(H,13,17)(H,14,15). The maximum Gasteiger partial charge on any atom is 0.230 e. The van der Waals surface area contributed by atoms with E-state index in [0.29, 0.717) is 5.75 Å². The lowest BCUT2D eigenvalue weighted by Crippen LogP contribution is -2.26. The van der Waals surface area contributed by atoms with E-state index in [1.807, 2.05) is 0 Å². The molecule has 0 radical (unpaired) electrons. The SMILES string of the molecule is CCCCCNC(=O)CSc1nnc(NCCC)s1. The molecule has 0 fully saturated rings. The summed E-state index contributed by atoms with van der Waals surface area (Å²) in [5.74, 6) is 0.480. The molecule has 0 aliphatic rings. The molecule has 0 aromatic carbocycles. The van der Waals surface area contributed by atoms with E-state index in [4.69, 9.17) is 0 Å². The summed E-state index contributed by atoms with van der Waals surface area (Å²) < 4.78 is 0.835. The molecule has 19 heavy (non-hydrogen) atoms. The molecule has 0 spiro atoms. The number of aromatic nitrogens is 2. The van der Waals surface area contributed by atoms with Gasteiger partial charge in [-0.3, -0.25) is 4.79 Å². The number of carbonyl (C=O) groups is 1. The first-order valence-corrected chi connectivity index (χ1v) is 8.53. The quantitative estimate of drug-likeness (QED) is 0.514. The van der Waals surface area contributed by atoms with Gasteiger partial charge < -0.3 is 10.6 Å². The number of carbonyl (C=O) groups excluding carboxylic acids is 1. The molecule has 5 nitrogen and oxygen atoms in total. The van der Waals surface area contributed by atoms with Crippen LogP contribution in [0, 0.1) is 0 Å². The van der Waals surface area contributed by atoms with Crippen LogP contribution in [0.4, 0.5) is 5.13 Å². The van der Waals surface area contributed by atoms with Crippen LogP contribution in [-0.4, -0.2) is 34.9 Å². The van der Waals surface area contributed by atoms with Crippen molar-refractivity contribution in [3.05, 3.63) is 0 Å². The first-order valence-electron chi connectivity index (χ1n) is 6.73. The lowest BCUT2D eigenvalue weighted by Gasteiger charge is -2.02. The Balaban J connectivity index is 2.17. The molecule has 0 saturated heterocycles. The molecule has 0 saturated carbocycles. The minimum Gasteiger partial charge on any atom is -0.360 e. The predicted molar refractivity (Wildman–Crippen MR) is 81.9 cm³/mol. The second kappa shape index (κ2) is 10.0. The molecule has 1 amide bonds. The molecule has 1 rings (SSSR count). The Bertz CT molecular complexity index is 370. The summed E-state index contributed by atoms with van der Waals surface area (Å²) in [6.45, 7) is 5.92. The van der Waals surface area contributed by atoms with Gasteiger partial charge in [-0.25, -0.2) is 0 Å². The normalized spacial score (nSPS) is 10.4. The van der Waals surface area contributed by atoms with E-state index in [1.165, 1.54) is 29.5 Å². The molecule has 108 valence electrons. The summed E-state index contributed by atoms with van der Waals surface area (Å²) in [6, 6.07) is 0. The lowest BCUT2D eigenvalue weighted by molar-refractivity contribution is -0.118. The molecular weight excluding hydrogens is 280 g/mol. The van der Waals surface area contributed by atoms with Crippen LogP contribution in [-0.2, 0) is 4.79 Å². The number of thioether (sulfide) groups is 1. The molecule has 0 aliphatic carbocycles. The number of hydrogen-bond acceptors (Lipinski definition) is 6. The average molecular weight is 302 g/mol. The molecule has 0 aliphatic heterocycles. The fraction of sp³-hybridized carbons (Fsp3) is 0.750. The van der Waals surface area contributed by atoms with Gasteiger partial charge in [0.2, 0.25) is 11.0 Å². The van der Waals surface area contributed by atoms with Gasteiger partial charge in [0.1, 0.15) is 0 Å². The Morgan fingerprint density at radius 3 is 2.79 bits per heavy atom. The first kappa shape index (κ1) is 16.2. The first-order chi connectivity index (χ1) is 9.26. The van der Waals surface area contributed by atoms with E-state index >= 15 is 0 Å². The van der Waals surface area contributed by atoms with Crippen LogP contribution in [0.15, 0.2) is 4.34 Å². The summed E-state index contributed by atoms with van der Waals surface area (Å²) in [6.07, 6.45) is 4.44. The molecule has 2 N–H and O–H groups in total. The Morgan fingerprint density at radius 2 is 2.05 bits per heavy atom. The highest BCUT2D eigenvalue weighted by Crippen LogP contribution is 2.25. The minimum absolute atomic E-state index is 0.0689. The summed E-state index contributed by atoms with van der Waals surface area (Å²) in [7, 11) is 0. The van der Waals surface area contributed by atoms with E-state index in [1.54, 1.807) is 0 Å². The summed E-state index contributed by atoms with van der Waals surface area (Å²) in [4.78, 5) is 11.6. The average Bonchev–Trinajstić information content (AvgIpc) is 2.87. The van der Waals surface area contributed by atoms with Crippen LogP contribution in [0.1, 0.15) is 39.5 Å². The minimum atomic E-state index is 0.0689. The van der Waals surface area contributed by atoms with E-state index in [-0.39, 0.29) is 5.91 Å². The third kappa shape index (κ3) is 7.37. The molecule has 7 heteroatoms. The van der Waals surface area contributed by atoms with Crippen molar-refractivity contribution in [2.75, 3.05) is 24.2 Å². The van der Waals surface area contributed by atoms with Gasteiger partial charge in [-0.2, -0.15) is 0 Å². The van der Waals surface area contributed by atoms with Crippen LogP contribution in [0.25, 0.3) is 0 Å². The predicted octanol–water partition coefficient (Wildman–Crippen LogP) is 2.76. The third-order valence-electron chi connectivity index (χ3n) is 2.36. The molecule has 1 aromatic rings. The van der Waals surface area contributed by atoms with Crippen LogP contribution in [0.3, 0.4) is 0 Å². The molecule has 0 atom stereocenters. The van der Waals surface area contributed by atoms with E-state index in [2.05, 4.69) is 34.7 Å². The number of amides is 1. The number of nitrogens with one attached hydrogen (secondary N) is 2. The Labute approximate surface area is 123 Å². The number of rotatable bonds is 10. The second-order valence-corrected chi connectivity index (χ2v) is 6.35. The smallest absolute Gasteiger partial charge is 0.230 e. The number of unbranched alkanes of at least 4 members (excludes halogenated alkanes) is 2. The van der Waals surface area contributed by atoms with Crippen molar-refractivity contribution in [2.24, 2.45) is 0 Å². The Kier molecular flexibility index (Phi) is 8.57. The van der Waals surface area contributed by atoms with Gasteiger partial charge in [0.25, 0.3) is 0 Å². The third-order valence-corrected chi connectivity index (χ3v) is 4.38. The zero-order valence-corrected chi connectivity index (χ0v) is 13.2. The van der Waals surface area contributed by atoms with Crippen molar-refractivity contribution < 1.29 is 4.79 Å². The van der Waals surface area contributed by atoms with E-state index in [9.17, 15) is 4.79 Å². The van der Waals surface area contributed by atoms with E-state index in [0.717, 1.165) is 41.8 Å². The van der Waals surface area contributed by atoms with Crippen LogP contribution in [0.2, 0.25) is 0 Å². The van der Waals surface area contributed by atoms with Crippen LogP contribution < -0.4 is 10.6 Å². The Morgan fingerprint density at radius 1 is 1.21 bits per heavy atom. The van der Waals surface area contributed by atoms with Gasteiger partial charge >= 0.3 is 0 Å². The summed E-state index contributed by atoms with van der Waals surface area (Å²) in [5, 5.41) is 15.0. The fourth-order valence-corrected chi connectivity index (χ4v) is 2.96. The highest BCUT2D eigenvalue weighted by Gasteiger charge is 2.07. The molecule has 1 aromatic heterocycles. The highest BCUT2D eigenvalue weighted by atomic mass is 32.2. The molecule has 0 bridgehead atoms. The van der Waals surface area contributed by atoms with Crippen molar-refractivity contribution in [1.82, 2.24) is 15.5 Å². The van der Waals surface area contributed by atoms with Crippen molar-refractivity contribution in [1.29, 1.82) is 0 Å². The maximum atomic E-state index is 11.6. The van der Waals surface area contributed by atoms with Crippen molar-refractivity contribution in [3.8, 4) is 0 Å². The summed E-state index contributed by atoms with van der Waals surface area (Å²) >= 11 is 2.94. The van der Waals surface area contributed by atoms with Gasteiger partial charge in [0.15, 0.2) is 4.34 Å². The number of nitrogens with zero attached hydrogens (tertiary/aromatic N) is 2. The van der Waals surface area contributed by atoms with Gasteiger partial charge in [0.05, 0.1) is 5.75 Å². The second-order valence-electron chi connectivity index (χ2n) is 4.15. The topological polar surface area (TPSA) is 66.9 Å². The van der Waals surface area contributed by atoms with Crippen LogP contribution >= 0.6 is 23.1 Å². The van der Waals surface area contributed by atoms with E-state index < -0.39 is 0 Å². The Hall–Kier alpha value is -0.820. The summed E-state index contributed by atoms with van der Waals surface area (Å²) in [5.41, 5.74) is 0. The fourth-order valence-electron chi connectivity index (χ4n) is 1.35. The lowest BCUT2D eigenvalue weighted by atomic mass is 10.2. The number of hydrogen-bond donors (Lipinski definition) is 2. The molecule has 1 heterocycles. The zero-order valence-electron chi connectivity index (χ0n) is 11.6. The van der Waals surface area contributed by atoms with Crippen molar-refractivity contribution >= 4 is 34.1 Å². The monoisotopic (exact) mass is 302 g/mol. The van der Waals surface area contributed by atoms with Crippen molar-refractivity contribution in [3.63, 3.8) is 0 Å². The van der Waals surface area contributed by atoms with Gasteiger partial charge in [0, 0.05) is 13.1 Å². The zero-order chi connectivity index (χ0) is 13.9. The maximum absolute atomic E-state index is 11.6. The van der Waals surface area contributed by atoms with Gasteiger partial charge in [-0.05, 0) is 12.8 Å². The van der Waals surface area contributed by atoms with Crippen molar-refractivity contribution in [2.45, 2.75) is 43.9 Å². The highest BCUT2D eigenvalue weighted by molar-refractivity contribution is 8.01.